The molecule has 1 aliphatic rings. The molecule has 0 aromatic heterocycles. The van der Waals surface area contributed by atoms with Crippen LogP contribution in [0.1, 0.15) is 19.8 Å². The maximum atomic E-state index is 11.9. The highest BCUT2D eigenvalue weighted by Gasteiger charge is 2.24. The number of piperidine rings is 1. The molecule has 2 amide bonds. The van der Waals surface area contributed by atoms with Gasteiger partial charge in [-0.25, -0.2) is 4.79 Å². The van der Waals surface area contributed by atoms with Crippen LogP contribution < -0.4 is 10.1 Å². The quantitative estimate of drug-likeness (QED) is 0.927. The lowest BCUT2D eigenvalue weighted by atomic mass is 10.0. The molecule has 0 spiro atoms. The summed E-state index contributed by atoms with van der Waals surface area (Å²) in [4.78, 5) is 15.5. The maximum Gasteiger partial charge on any atom is 0.319 e. The van der Waals surface area contributed by atoms with Crippen LogP contribution in [0.2, 0.25) is 0 Å². The first-order valence-corrected chi connectivity index (χ1v) is 7.56. The van der Waals surface area contributed by atoms with Crippen molar-refractivity contribution in [3.05, 3.63) is 24.3 Å². The molecule has 2 rings (SSSR count). The first-order chi connectivity index (χ1) is 10.1. The van der Waals surface area contributed by atoms with E-state index in [1.54, 1.807) is 19.0 Å². The predicted octanol–water partition coefficient (Wildman–Crippen LogP) is 2.64. The maximum absolute atomic E-state index is 11.9. The molecule has 0 radical (unpaired) electrons. The summed E-state index contributed by atoms with van der Waals surface area (Å²) in [6, 6.07) is 8.50. The Kier molecular flexibility index (Phi) is 5.31. The Bertz CT molecular complexity index is 468. The molecule has 1 saturated heterocycles. The van der Waals surface area contributed by atoms with Gasteiger partial charge >= 0.3 is 6.03 Å². The summed E-state index contributed by atoms with van der Waals surface area (Å²) in [5, 5.41) is 3.55. The molecule has 1 fully saturated rings. The lowest BCUT2D eigenvalue weighted by Crippen LogP contribution is -2.46. The van der Waals surface area contributed by atoms with Gasteiger partial charge in [0.1, 0.15) is 5.75 Å². The first kappa shape index (κ1) is 15.5. The van der Waals surface area contributed by atoms with E-state index in [0.29, 0.717) is 12.6 Å². The highest BCUT2D eigenvalue weighted by molar-refractivity contribution is 5.74. The minimum atomic E-state index is 0.100. The third-order valence-electron chi connectivity index (χ3n) is 3.69. The Morgan fingerprint density at radius 1 is 1.33 bits per heavy atom. The molecule has 1 aliphatic heterocycles. The van der Waals surface area contributed by atoms with Gasteiger partial charge in [0.05, 0.1) is 12.3 Å². The molecule has 0 aliphatic carbocycles. The van der Waals surface area contributed by atoms with Crippen LogP contribution in [-0.2, 0) is 0 Å². The smallest absolute Gasteiger partial charge is 0.319 e. The van der Waals surface area contributed by atoms with Gasteiger partial charge in [0.2, 0.25) is 0 Å². The molecule has 0 unspecified atom stereocenters. The normalized spacial score (nSPS) is 15.7. The summed E-state index contributed by atoms with van der Waals surface area (Å²) in [5.41, 5.74) is 1.04. The average molecular weight is 291 g/mol. The fourth-order valence-electron chi connectivity index (χ4n) is 2.59. The summed E-state index contributed by atoms with van der Waals surface area (Å²) < 4.78 is 5.64. The summed E-state index contributed by atoms with van der Waals surface area (Å²) >= 11 is 0. The van der Waals surface area contributed by atoms with Crippen LogP contribution in [0, 0.1) is 0 Å². The van der Waals surface area contributed by atoms with E-state index in [0.717, 1.165) is 37.4 Å². The molecular formula is C16H25N3O2. The second kappa shape index (κ2) is 7.20. The molecular weight excluding hydrogens is 266 g/mol. The van der Waals surface area contributed by atoms with Crippen molar-refractivity contribution in [1.29, 1.82) is 0 Å². The Balaban J connectivity index is 1.90. The van der Waals surface area contributed by atoms with E-state index in [9.17, 15) is 4.79 Å². The van der Waals surface area contributed by atoms with Crippen molar-refractivity contribution >= 4 is 11.7 Å². The third kappa shape index (κ3) is 4.03. The molecule has 5 heteroatoms. The molecule has 1 aromatic carbocycles. The number of hydrogen-bond acceptors (Lipinski definition) is 3. The van der Waals surface area contributed by atoms with Crippen molar-refractivity contribution < 1.29 is 9.53 Å². The number of anilines is 1. The van der Waals surface area contributed by atoms with Crippen LogP contribution in [0.15, 0.2) is 24.3 Å². The number of urea groups is 1. The van der Waals surface area contributed by atoms with Crippen LogP contribution in [0.25, 0.3) is 0 Å². The van der Waals surface area contributed by atoms with Crippen molar-refractivity contribution in [2.75, 3.05) is 39.1 Å². The average Bonchev–Trinajstić information content (AvgIpc) is 2.49. The number of ether oxygens (including phenoxy) is 1. The van der Waals surface area contributed by atoms with Gasteiger partial charge in [-0.3, -0.25) is 0 Å². The van der Waals surface area contributed by atoms with Crippen LogP contribution >= 0.6 is 0 Å². The van der Waals surface area contributed by atoms with Crippen LogP contribution in [-0.4, -0.2) is 55.7 Å². The largest absolute Gasteiger partial charge is 0.492 e. The number of carbonyl (C=O) groups is 1. The molecule has 1 aromatic rings. The Morgan fingerprint density at radius 3 is 2.62 bits per heavy atom. The van der Waals surface area contributed by atoms with E-state index in [2.05, 4.69) is 5.32 Å². The van der Waals surface area contributed by atoms with E-state index < -0.39 is 0 Å². The zero-order valence-corrected chi connectivity index (χ0v) is 13.1. The highest BCUT2D eigenvalue weighted by Crippen LogP contribution is 2.26. The van der Waals surface area contributed by atoms with Gasteiger partial charge in [-0.05, 0) is 31.9 Å². The van der Waals surface area contributed by atoms with E-state index >= 15 is 0 Å². The zero-order valence-electron chi connectivity index (χ0n) is 13.1. The molecule has 5 nitrogen and oxygen atoms in total. The van der Waals surface area contributed by atoms with Crippen molar-refractivity contribution in [3.63, 3.8) is 0 Å². The van der Waals surface area contributed by atoms with E-state index in [1.165, 1.54) is 0 Å². The predicted molar refractivity (Wildman–Crippen MR) is 84.9 cm³/mol. The van der Waals surface area contributed by atoms with Crippen molar-refractivity contribution in [1.82, 2.24) is 9.80 Å². The van der Waals surface area contributed by atoms with Crippen molar-refractivity contribution in [2.45, 2.75) is 25.8 Å². The minimum Gasteiger partial charge on any atom is -0.492 e. The van der Waals surface area contributed by atoms with Gasteiger partial charge in [0.25, 0.3) is 0 Å². The number of nitrogens with one attached hydrogen (secondary N) is 1. The van der Waals surface area contributed by atoms with Crippen LogP contribution in [0.3, 0.4) is 0 Å². The van der Waals surface area contributed by atoms with Gasteiger partial charge in [-0.1, -0.05) is 12.1 Å². The summed E-state index contributed by atoms with van der Waals surface area (Å²) in [7, 11) is 3.59. The van der Waals surface area contributed by atoms with E-state index in [-0.39, 0.29) is 6.03 Å². The van der Waals surface area contributed by atoms with E-state index in [4.69, 9.17) is 4.74 Å². The number of amides is 2. The lowest BCUT2D eigenvalue weighted by Gasteiger charge is -2.34. The monoisotopic (exact) mass is 291 g/mol. The zero-order chi connectivity index (χ0) is 15.2. The molecule has 1 heterocycles. The Morgan fingerprint density at radius 2 is 2.00 bits per heavy atom. The molecule has 0 bridgehead atoms. The number of nitrogens with zero attached hydrogens (tertiary/aromatic N) is 2. The molecule has 116 valence electrons. The fraction of sp³-hybridized carbons (Fsp3) is 0.562. The second-order valence-corrected chi connectivity index (χ2v) is 5.51. The number of rotatable bonds is 4. The fourth-order valence-corrected chi connectivity index (χ4v) is 2.59. The van der Waals surface area contributed by atoms with Crippen molar-refractivity contribution in [2.24, 2.45) is 0 Å². The number of hydrogen-bond donors (Lipinski definition) is 1. The molecule has 1 N–H and O–H groups in total. The number of likely N-dealkylation sites (tertiary alicyclic amines) is 1. The summed E-state index contributed by atoms with van der Waals surface area (Å²) in [6.45, 7) is 4.24. The minimum absolute atomic E-state index is 0.100. The van der Waals surface area contributed by atoms with Gasteiger partial charge in [-0.2, -0.15) is 0 Å². The van der Waals surface area contributed by atoms with E-state index in [1.807, 2.05) is 36.1 Å². The van der Waals surface area contributed by atoms with Gasteiger partial charge in [0.15, 0.2) is 0 Å². The summed E-state index contributed by atoms with van der Waals surface area (Å²) in [5.74, 6) is 0.895. The highest BCUT2D eigenvalue weighted by atomic mass is 16.5. The van der Waals surface area contributed by atoms with Gasteiger partial charge in [-0.15, -0.1) is 0 Å². The Hall–Kier alpha value is -1.91. The molecule has 0 atom stereocenters. The second-order valence-electron chi connectivity index (χ2n) is 5.51. The SMILES string of the molecule is CCOc1ccccc1NC1CCN(C(=O)N(C)C)CC1. The van der Waals surface area contributed by atoms with Crippen molar-refractivity contribution in [3.8, 4) is 5.75 Å². The standard InChI is InChI=1S/C16H25N3O2/c1-4-21-15-8-6-5-7-14(15)17-13-9-11-19(12-10-13)16(20)18(2)3/h5-8,13,17H,4,9-12H2,1-3H3. The third-order valence-corrected chi connectivity index (χ3v) is 3.69. The van der Waals surface area contributed by atoms with Gasteiger partial charge in [0, 0.05) is 33.2 Å². The van der Waals surface area contributed by atoms with Gasteiger partial charge < -0.3 is 19.9 Å². The topological polar surface area (TPSA) is 44.8 Å². The summed E-state index contributed by atoms with van der Waals surface area (Å²) in [6.07, 6.45) is 1.92. The number of carbonyl (C=O) groups excluding carboxylic acids is 1. The molecule has 0 saturated carbocycles. The Labute approximate surface area is 126 Å². The first-order valence-electron chi connectivity index (χ1n) is 7.56. The van der Waals surface area contributed by atoms with Crippen LogP contribution in [0.4, 0.5) is 10.5 Å². The number of benzene rings is 1. The van der Waals surface area contributed by atoms with Crippen LogP contribution in [0.5, 0.6) is 5.75 Å². The number of para-hydroxylation sites is 2. The lowest BCUT2D eigenvalue weighted by molar-refractivity contribution is 0.158. The molecule has 21 heavy (non-hydrogen) atoms.